The third kappa shape index (κ3) is 2.59. The van der Waals surface area contributed by atoms with Gasteiger partial charge in [0.15, 0.2) is 0 Å². The van der Waals surface area contributed by atoms with Gasteiger partial charge in [-0.15, -0.1) is 0 Å². The second-order valence-corrected chi connectivity index (χ2v) is 6.22. The Balaban J connectivity index is 1.82. The van der Waals surface area contributed by atoms with Crippen molar-refractivity contribution in [3.63, 3.8) is 0 Å². The number of nitrogens with zero attached hydrogens (tertiary/aromatic N) is 2. The van der Waals surface area contributed by atoms with Crippen molar-refractivity contribution < 1.29 is 4.79 Å². The fourth-order valence-electron chi connectivity index (χ4n) is 3.25. The first-order valence-corrected chi connectivity index (χ1v) is 7.92. The standard InChI is InChI=1S/C20H18N2O/c1-14-7-8-16-11-18(23)12-20-17(10-15-5-3-2-4-6-15)13-21-22(20)19(16)9-14/h2-9,13H,10-12H2,1H3. The number of fused-ring (bicyclic) bond motifs is 3. The smallest absolute Gasteiger partial charge is 0.143 e. The summed E-state index contributed by atoms with van der Waals surface area (Å²) in [5, 5.41) is 4.59. The highest BCUT2D eigenvalue weighted by Gasteiger charge is 2.22. The van der Waals surface area contributed by atoms with Gasteiger partial charge in [-0.1, -0.05) is 42.5 Å². The van der Waals surface area contributed by atoms with E-state index in [0.717, 1.165) is 28.9 Å². The molecule has 3 nitrogen and oxygen atoms in total. The lowest BCUT2D eigenvalue weighted by Crippen LogP contribution is -2.07. The summed E-state index contributed by atoms with van der Waals surface area (Å²) in [7, 11) is 0. The maximum absolute atomic E-state index is 12.4. The number of carbonyl (C=O) groups is 1. The van der Waals surface area contributed by atoms with Gasteiger partial charge >= 0.3 is 0 Å². The van der Waals surface area contributed by atoms with Crippen molar-refractivity contribution in [1.29, 1.82) is 0 Å². The highest BCUT2D eigenvalue weighted by Crippen LogP contribution is 2.26. The molecule has 0 saturated heterocycles. The topological polar surface area (TPSA) is 34.9 Å². The molecule has 0 N–H and O–H groups in total. The van der Waals surface area contributed by atoms with Gasteiger partial charge in [-0.05, 0) is 35.2 Å². The third-order valence-electron chi connectivity index (χ3n) is 4.41. The number of Topliss-reactive ketones (excluding diaryl/α,β-unsaturated/α-hetero) is 1. The van der Waals surface area contributed by atoms with Crippen LogP contribution in [0.25, 0.3) is 5.69 Å². The average Bonchev–Trinajstić information content (AvgIpc) is 2.86. The van der Waals surface area contributed by atoms with Crippen LogP contribution in [0.3, 0.4) is 0 Å². The number of benzene rings is 2. The zero-order valence-electron chi connectivity index (χ0n) is 13.1. The highest BCUT2D eigenvalue weighted by atomic mass is 16.1. The molecule has 1 aromatic heterocycles. The molecule has 0 fully saturated rings. The molecule has 0 bridgehead atoms. The van der Waals surface area contributed by atoms with E-state index in [1.165, 1.54) is 11.1 Å². The third-order valence-corrected chi connectivity index (χ3v) is 4.41. The van der Waals surface area contributed by atoms with Crippen LogP contribution in [0.5, 0.6) is 0 Å². The van der Waals surface area contributed by atoms with E-state index in [0.29, 0.717) is 12.8 Å². The second kappa shape index (κ2) is 5.51. The van der Waals surface area contributed by atoms with E-state index >= 15 is 0 Å². The quantitative estimate of drug-likeness (QED) is 0.727. The van der Waals surface area contributed by atoms with Crippen LogP contribution >= 0.6 is 0 Å². The number of hydrogen-bond acceptors (Lipinski definition) is 2. The van der Waals surface area contributed by atoms with Crippen molar-refractivity contribution >= 4 is 5.78 Å². The van der Waals surface area contributed by atoms with Crippen LogP contribution in [-0.2, 0) is 24.1 Å². The van der Waals surface area contributed by atoms with Gasteiger partial charge in [-0.3, -0.25) is 4.79 Å². The van der Waals surface area contributed by atoms with Crippen LogP contribution in [0.4, 0.5) is 0 Å². The molecule has 1 aliphatic heterocycles. The molecule has 0 saturated carbocycles. The Hall–Kier alpha value is -2.68. The predicted octanol–water partition coefficient (Wildman–Crippen LogP) is 3.44. The first kappa shape index (κ1) is 13.9. The molecule has 2 aromatic carbocycles. The lowest BCUT2D eigenvalue weighted by molar-refractivity contribution is -0.117. The van der Waals surface area contributed by atoms with Crippen molar-refractivity contribution in [2.24, 2.45) is 0 Å². The SMILES string of the molecule is Cc1ccc2c(c1)-n1ncc(Cc3ccccc3)c1CC(=O)C2. The minimum Gasteiger partial charge on any atom is -0.299 e. The molecule has 114 valence electrons. The molecule has 23 heavy (non-hydrogen) atoms. The normalized spacial score (nSPS) is 13.3. The summed E-state index contributed by atoms with van der Waals surface area (Å²) >= 11 is 0. The van der Waals surface area contributed by atoms with Crippen LogP contribution in [0.15, 0.2) is 54.7 Å². The van der Waals surface area contributed by atoms with Gasteiger partial charge in [0.2, 0.25) is 0 Å². The Kier molecular flexibility index (Phi) is 3.34. The number of hydrogen-bond donors (Lipinski definition) is 0. The molecular weight excluding hydrogens is 284 g/mol. The van der Waals surface area contributed by atoms with Crippen molar-refractivity contribution in [3.05, 3.63) is 82.7 Å². The number of ketones is 1. The van der Waals surface area contributed by atoms with Gasteiger partial charge < -0.3 is 0 Å². The first-order valence-electron chi connectivity index (χ1n) is 7.92. The van der Waals surface area contributed by atoms with Crippen molar-refractivity contribution in [2.45, 2.75) is 26.2 Å². The summed E-state index contributed by atoms with van der Waals surface area (Å²) in [6.07, 6.45) is 3.66. The highest BCUT2D eigenvalue weighted by molar-refractivity contribution is 5.85. The molecule has 0 unspecified atom stereocenters. The monoisotopic (exact) mass is 302 g/mol. The summed E-state index contributed by atoms with van der Waals surface area (Å²) in [5.41, 5.74) is 6.70. The summed E-state index contributed by atoms with van der Waals surface area (Å²) in [5.74, 6) is 0.253. The first-order chi connectivity index (χ1) is 11.2. The molecule has 3 heteroatoms. The minimum atomic E-state index is 0.253. The Morgan fingerprint density at radius 3 is 2.74 bits per heavy atom. The van der Waals surface area contributed by atoms with Crippen LogP contribution < -0.4 is 0 Å². The van der Waals surface area contributed by atoms with Gasteiger partial charge in [0.1, 0.15) is 5.78 Å². The van der Waals surface area contributed by atoms with Crippen molar-refractivity contribution in [1.82, 2.24) is 9.78 Å². The van der Waals surface area contributed by atoms with E-state index in [4.69, 9.17) is 0 Å². The van der Waals surface area contributed by atoms with Crippen LogP contribution in [0, 0.1) is 6.92 Å². The zero-order chi connectivity index (χ0) is 15.8. The lowest BCUT2D eigenvalue weighted by atomic mass is 10.0. The molecular formula is C20H18N2O. The summed E-state index contributed by atoms with van der Waals surface area (Å²) < 4.78 is 1.96. The zero-order valence-corrected chi connectivity index (χ0v) is 13.1. The molecule has 1 aliphatic rings. The Morgan fingerprint density at radius 1 is 1.09 bits per heavy atom. The molecule has 0 spiro atoms. The molecule has 0 aliphatic carbocycles. The number of rotatable bonds is 2. The Morgan fingerprint density at radius 2 is 1.91 bits per heavy atom. The fourth-order valence-corrected chi connectivity index (χ4v) is 3.25. The molecule has 0 radical (unpaired) electrons. The Labute approximate surface area is 135 Å². The lowest BCUT2D eigenvalue weighted by Gasteiger charge is -2.09. The second-order valence-electron chi connectivity index (χ2n) is 6.22. The van der Waals surface area contributed by atoms with Crippen molar-refractivity contribution in [3.8, 4) is 5.69 Å². The predicted molar refractivity (Wildman–Crippen MR) is 90.0 cm³/mol. The van der Waals surface area contributed by atoms with E-state index in [1.807, 2.05) is 29.1 Å². The molecule has 0 amide bonds. The van der Waals surface area contributed by atoms with Gasteiger partial charge in [-0.2, -0.15) is 5.10 Å². The Bertz CT molecular complexity index is 878. The van der Waals surface area contributed by atoms with E-state index < -0.39 is 0 Å². The van der Waals surface area contributed by atoms with E-state index in [9.17, 15) is 4.79 Å². The van der Waals surface area contributed by atoms with Crippen LogP contribution in [-0.4, -0.2) is 15.6 Å². The summed E-state index contributed by atoms with van der Waals surface area (Å²) in [4.78, 5) is 12.4. The number of aromatic nitrogens is 2. The van der Waals surface area contributed by atoms with Gasteiger partial charge in [0.05, 0.1) is 17.6 Å². The summed E-state index contributed by atoms with van der Waals surface area (Å²) in [6, 6.07) is 16.6. The number of aryl methyl sites for hydroxylation is 1. The van der Waals surface area contributed by atoms with Gasteiger partial charge in [-0.25, -0.2) is 4.68 Å². The van der Waals surface area contributed by atoms with Crippen LogP contribution in [0.1, 0.15) is 27.9 Å². The summed E-state index contributed by atoms with van der Waals surface area (Å²) in [6.45, 7) is 2.07. The van der Waals surface area contributed by atoms with Crippen LogP contribution in [0.2, 0.25) is 0 Å². The maximum atomic E-state index is 12.4. The largest absolute Gasteiger partial charge is 0.299 e. The molecule has 0 atom stereocenters. The molecule has 2 heterocycles. The van der Waals surface area contributed by atoms with Gasteiger partial charge in [0.25, 0.3) is 0 Å². The van der Waals surface area contributed by atoms with E-state index in [2.05, 4.69) is 42.4 Å². The molecule has 3 aromatic rings. The van der Waals surface area contributed by atoms with Crippen molar-refractivity contribution in [2.75, 3.05) is 0 Å². The van der Waals surface area contributed by atoms with Gasteiger partial charge in [0, 0.05) is 19.3 Å². The van der Waals surface area contributed by atoms with E-state index in [-0.39, 0.29) is 5.78 Å². The fraction of sp³-hybridized carbons (Fsp3) is 0.200. The maximum Gasteiger partial charge on any atom is 0.143 e. The molecule has 4 rings (SSSR count). The van der Waals surface area contributed by atoms with E-state index in [1.54, 1.807) is 0 Å². The minimum absolute atomic E-state index is 0.253. The number of carbonyl (C=O) groups excluding carboxylic acids is 1. The average molecular weight is 302 g/mol.